The molecule has 5 aromatic rings. The maximum absolute atomic E-state index is 12.5. The maximum atomic E-state index is 12.5. The Balaban J connectivity index is 1.22. The lowest BCUT2D eigenvalue weighted by atomic mass is 10.3. The summed E-state index contributed by atoms with van der Waals surface area (Å²) in [5.74, 6) is 0.399. The summed E-state index contributed by atoms with van der Waals surface area (Å²) >= 11 is 1.26. The molecular weight excluding hydrogens is 502 g/mol. The predicted molar refractivity (Wildman–Crippen MR) is 135 cm³/mol. The first kappa shape index (κ1) is 23.5. The fraction of sp³-hybridized carbons (Fsp3) is 0.0870. The molecule has 2 N–H and O–H groups in total. The highest BCUT2D eigenvalue weighted by Crippen LogP contribution is 2.26. The topological polar surface area (TPSA) is 145 Å². The van der Waals surface area contributed by atoms with E-state index in [1.807, 2.05) is 30.3 Å². The number of hydrogen-bond acceptors (Lipinski definition) is 9. The number of thioether (sulfide) groups is 1. The van der Waals surface area contributed by atoms with Gasteiger partial charge in [0.05, 0.1) is 27.9 Å². The van der Waals surface area contributed by atoms with Crippen LogP contribution in [0.2, 0.25) is 0 Å². The molecule has 3 heterocycles. The number of amides is 1. The number of aryl methyl sites for hydroxylation is 1. The fourth-order valence-electron chi connectivity index (χ4n) is 3.36. The van der Waals surface area contributed by atoms with Crippen molar-refractivity contribution in [3.63, 3.8) is 0 Å². The number of hydrogen-bond donors (Lipinski definition) is 2. The quantitative estimate of drug-likeness (QED) is 0.231. The molecule has 0 aliphatic heterocycles. The fourth-order valence-corrected chi connectivity index (χ4v) is 5.10. The summed E-state index contributed by atoms with van der Waals surface area (Å²) in [5, 5.41) is 12.2. The Kier molecular flexibility index (Phi) is 6.40. The number of aromatic nitrogens is 5. The van der Waals surface area contributed by atoms with Crippen LogP contribution in [0.3, 0.4) is 0 Å². The van der Waals surface area contributed by atoms with Crippen molar-refractivity contribution in [2.75, 3.05) is 15.8 Å². The largest absolute Gasteiger partial charge is 0.360 e. The van der Waals surface area contributed by atoms with Gasteiger partial charge in [-0.2, -0.15) is 5.10 Å². The van der Waals surface area contributed by atoms with Gasteiger partial charge in [0.15, 0.2) is 11.5 Å². The Labute approximate surface area is 210 Å². The van der Waals surface area contributed by atoms with Crippen molar-refractivity contribution in [1.29, 1.82) is 0 Å². The van der Waals surface area contributed by atoms with E-state index >= 15 is 0 Å². The van der Waals surface area contributed by atoms with E-state index < -0.39 is 10.0 Å². The Morgan fingerprint density at radius 1 is 1.08 bits per heavy atom. The Bertz CT molecular complexity index is 1630. The van der Waals surface area contributed by atoms with Gasteiger partial charge in [-0.1, -0.05) is 35.1 Å². The lowest BCUT2D eigenvalue weighted by molar-refractivity contribution is -0.113. The Morgan fingerprint density at radius 2 is 1.86 bits per heavy atom. The first-order chi connectivity index (χ1) is 17.4. The molecule has 2 aromatic carbocycles. The molecule has 0 saturated carbocycles. The molecule has 0 bridgehead atoms. The number of carbonyl (C=O) groups is 1. The van der Waals surface area contributed by atoms with Crippen molar-refractivity contribution in [2.45, 2.75) is 16.8 Å². The first-order valence-corrected chi connectivity index (χ1v) is 13.1. The van der Waals surface area contributed by atoms with Crippen LogP contribution in [0.5, 0.6) is 0 Å². The molecule has 3 aromatic heterocycles. The van der Waals surface area contributed by atoms with E-state index in [2.05, 4.69) is 30.3 Å². The molecular formula is C23H19N7O4S2. The number of fused-ring (bicyclic) bond motifs is 1. The van der Waals surface area contributed by atoms with Gasteiger partial charge in [-0.15, -0.1) is 0 Å². The zero-order valence-electron chi connectivity index (χ0n) is 18.8. The van der Waals surface area contributed by atoms with Crippen molar-refractivity contribution in [3.8, 4) is 5.69 Å². The maximum Gasteiger partial charge on any atom is 0.263 e. The highest BCUT2D eigenvalue weighted by atomic mass is 32.2. The molecule has 0 aliphatic carbocycles. The number of nitrogens with one attached hydrogen (secondary N) is 2. The van der Waals surface area contributed by atoms with E-state index in [1.165, 1.54) is 48.4 Å². The van der Waals surface area contributed by atoms with Crippen LogP contribution >= 0.6 is 11.8 Å². The van der Waals surface area contributed by atoms with Gasteiger partial charge < -0.3 is 9.84 Å². The van der Waals surface area contributed by atoms with E-state index in [0.717, 1.165) is 11.1 Å². The van der Waals surface area contributed by atoms with Crippen LogP contribution < -0.4 is 10.0 Å². The van der Waals surface area contributed by atoms with Gasteiger partial charge in [0.25, 0.3) is 10.0 Å². The minimum atomic E-state index is -3.84. The molecule has 0 fully saturated rings. The van der Waals surface area contributed by atoms with E-state index in [-0.39, 0.29) is 22.4 Å². The summed E-state index contributed by atoms with van der Waals surface area (Å²) in [6.07, 6.45) is 3.12. The molecule has 1 amide bonds. The van der Waals surface area contributed by atoms with Crippen molar-refractivity contribution >= 4 is 50.2 Å². The van der Waals surface area contributed by atoms with E-state index in [9.17, 15) is 13.2 Å². The van der Waals surface area contributed by atoms with Crippen molar-refractivity contribution in [1.82, 2.24) is 24.9 Å². The van der Waals surface area contributed by atoms with Crippen LogP contribution in [0.25, 0.3) is 16.7 Å². The molecule has 0 saturated heterocycles. The minimum absolute atomic E-state index is 0.0225. The monoisotopic (exact) mass is 521 g/mol. The van der Waals surface area contributed by atoms with Gasteiger partial charge in [-0.05, 0) is 43.3 Å². The third kappa shape index (κ3) is 5.06. The first-order valence-electron chi connectivity index (χ1n) is 10.6. The second-order valence-electron chi connectivity index (χ2n) is 7.60. The summed E-state index contributed by atoms with van der Waals surface area (Å²) < 4.78 is 33.9. The molecule has 36 heavy (non-hydrogen) atoms. The lowest BCUT2D eigenvalue weighted by Gasteiger charge is -2.08. The van der Waals surface area contributed by atoms with Gasteiger partial charge in [0.2, 0.25) is 5.91 Å². The average Bonchev–Trinajstić information content (AvgIpc) is 3.49. The number of benzene rings is 2. The molecule has 5 rings (SSSR count). The van der Waals surface area contributed by atoms with Gasteiger partial charge in [0.1, 0.15) is 17.1 Å². The number of anilines is 2. The second kappa shape index (κ2) is 9.79. The van der Waals surface area contributed by atoms with Crippen molar-refractivity contribution in [2.24, 2.45) is 0 Å². The number of rotatable bonds is 8. The SMILES string of the molecule is Cc1cc(NS(=O)(=O)c2ccc(NC(=O)CSc3ncnc4c3cnn4-c3ccccc3)cc2)no1. The average molecular weight is 522 g/mol. The van der Waals surface area contributed by atoms with Crippen LogP contribution in [0.4, 0.5) is 11.5 Å². The molecule has 0 spiro atoms. The Morgan fingerprint density at radius 3 is 2.58 bits per heavy atom. The summed E-state index contributed by atoms with van der Waals surface area (Å²) in [6.45, 7) is 1.66. The smallest absolute Gasteiger partial charge is 0.263 e. The molecule has 0 unspecified atom stereocenters. The molecule has 0 radical (unpaired) electrons. The summed E-state index contributed by atoms with van der Waals surface area (Å²) in [6, 6.07) is 16.9. The van der Waals surface area contributed by atoms with Crippen LogP contribution in [0, 0.1) is 6.92 Å². The van der Waals surface area contributed by atoms with Gasteiger partial charge >= 0.3 is 0 Å². The molecule has 13 heteroatoms. The van der Waals surface area contributed by atoms with Gasteiger partial charge in [-0.25, -0.2) is 23.1 Å². The Hall–Kier alpha value is -4.23. The third-order valence-corrected chi connectivity index (χ3v) is 7.36. The molecule has 182 valence electrons. The minimum Gasteiger partial charge on any atom is -0.360 e. The zero-order chi connectivity index (χ0) is 25.1. The summed E-state index contributed by atoms with van der Waals surface area (Å²) in [5.41, 5.74) is 1.98. The van der Waals surface area contributed by atoms with E-state index in [1.54, 1.807) is 17.8 Å². The van der Waals surface area contributed by atoms with E-state index in [4.69, 9.17) is 4.52 Å². The summed E-state index contributed by atoms with van der Waals surface area (Å²) in [4.78, 5) is 21.2. The number of sulfonamides is 1. The number of carbonyl (C=O) groups excluding carboxylic acids is 1. The second-order valence-corrected chi connectivity index (χ2v) is 10.2. The van der Waals surface area contributed by atoms with Crippen molar-refractivity contribution < 1.29 is 17.7 Å². The molecule has 11 nitrogen and oxygen atoms in total. The molecule has 0 atom stereocenters. The molecule has 0 aliphatic rings. The van der Waals surface area contributed by atoms with Gasteiger partial charge in [0, 0.05) is 11.8 Å². The normalized spacial score (nSPS) is 11.5. The van der Waals surface area contributed by atoms with Crippen LogP contribution in [0.15, 0.2) is 87.6 Å². The predicted octanol–water partition coefficient (Wildman–Crippen LogP) is 3.64. The lowest BCUT2D eigenvalue weighted by Crippen LogP contribution is -2.15. The van der Waals surface area contributed by atoms with Crippen LogP contribution in [-0.4, -0.2) is 45.0 Å². The van der Waals surface area contributed by atoms with Crippen molar-refractivity contribution in [3.05, 3.63) is 78.9 Å². The third-order valence-electron chi connectivity index (χ3n) is 4.99. The van der Waals surface area contributed by atoms with Gasteiger partial charge in [-0.3, -0.25) is 9.52 Å². The van der Waals surface area contributed by atoms with Crippen LogP contribution in [0.1, 0.15) is 5.76 Å². The standard InChI is InChI=1S/C23H19N7O4S2/c1-15-11-20(28-34-15)29-36(32,33)18-9-7-16(8-10-18)27-21(31)13-35-23-19-12-26-30(22(19)24-14-25-23)17-5-3-2-4-6-17/h2-12,14H,13H2,1H3,(H,27,31)(H,28,29). The number of nitrogens with zero attached hydrogens (tertiary/aromatic N) is 5. The van der Waals surface area contributed by atoms with E-state index in [0.29, 0.717) is 22.1 Å². The number of para-hydroxylation sites is 1. The highest BCUT2D eigenvalue weighted by molar-refractivity contribution is 8.00. The zero-order valence-corrected chi connectivity index (χ0v) is 20.5. The van der Waals surface area contributed by atoms with Crippen LogP contribution in [-0.2, 0) is 14.8 Å². The summed E-state index contributed by atoms with van der Waals surface area (Å²) in [7, 11) is -3.84. The highest BCUT2D eigenvalue weighted by Gasteiger charge is 2.17.